The molecule has 0 spiro atoms. The SMILES string of the molecule is Cc1nc2cc(-n3ncc(C(=O)c4cc5ccc(O)cc5[nH]4)c3N)ccc2[nH]1.Cc1nc2cc(-n3ncc(C(=O)c4cc5ccc(OC6COC6)cc5[nH]4)c3N)ccc2[nH]1. The summed E-state index contributed by atoms with van der Waals surface area (Å²) in [4.78, 5) is 47.5. The summed E-state index contributed by atoms with van der Waals surface area (Å²) in [7, 11) is 0. The second kappa shape index (κ2) is 14.0. The van der Waals surface area contributed by atoms with Crippen molar-refractivity contribution in [2.75, 3.05) is 24.7 Å². The van der Waals surface area contributed by atoms with E-state index in [1.54, 1.807) is 28.9 Å². The smallest absolute Gasteiger partial charge is 0.214 e. The van der Waals surface area contributed by atoms with Crippen molar-refractivity contribution in [1.82, 2.24) is 49.5 Å². The largest absolute Gasteiger partial charge is 0.508 e. The number of ketones is 2. The molecule has 0 bridgehead atoms. The fraction of sp³-hybridized carbons (Fsp3) is 0.116. The molecule has 1 saturated heterocycles. The Kier molecular flexibility index (Phi) is 8.46. The van der Waals surface area contributed by atoms with E-state index in [0.29, 0.717) is 41.2 Å². The van der Waals surface area contributed by atoms with Crippen molar-refractivity contribution in [2.45, 2.75) is 20.0 Å². The third-order valence-corrected chi connectivity index (χ3v) is 10.4. The van der Waals surface area contributed by atoms with Gasteiger partial charge >= 0.3 is 0 Å². The Morgan fingerprint density at radius 2 is 1.18 bits per heavy atom. The van der Waals surface area contributed by atoms with Crippen LogP contribution in [-0.4, -0.2) is 85.5 Å². The molecule has 0 amide bonds. The number of fused-ring (bicyclic) bond motifs is 4. The lowest BCUT2D eigenvalue weighted by Gasteiger charge is -2.26. The van der Waals surface area contributed by atoms with Crippen molar-refractivity contribution in [2.24, 2.45) is 0 Å². The van der Waals surface area contributed by atoms with Gasteiger partial charge in [-0.25, -0.2) is 19.3 Å². The highest BCUT2D eigenvalue weighted by Crippen LogP contribution is 2.28. The van der Waals surface area contributed by atoms with Crippen LogP contribution < -0.4 is 16.2 Å². The second-order valence-electron chi connectivity index (χ2n) is 14.6. The molecule has 0 aliphatic carbocycles. The molecule has 0 atom stereocenters. The Morgan fingerprint density at radius 1 is 0.667 bits per heavy atom. The maximum Gasteiger partial charge on any atom is 0.214 e. The predicted molar refractivity (Wildman–Crippen MR) is 225 cm³/mol. The lowest BCUT2D eigenvalue weighted by molar-refractivity contribution is -0.0796. The fourth-order valence-corrected chi connectivity index (χ4v) is 7.29. The van der Waals surface area contributed by atoms with E-state index in [9.17, 15) is 14.7 Å². The number of hydrogen-bond donors (Lipinski definition) is 7. The van der Waals surface area contributed by atoms with Crippen LogP contribution in [0, 0.1) is 13.8 Å². The molecule has 1 fully saturated rings. The Hall–Kier alpha value is -8.18. The summed E-state index contributed by atoms with van der Waals surface area (Å²) in [5.41, 5.74) is 20.4. The number of nitrogens with zero attached hydrogens (tertiary/aromatic N) is 6. The summed E-state index contributed by atoms with van der Waals surface area (Å²) < 4.78 is 14.1. The predicted octanol–water partition coefficient (Wildman–Crippen LogP) is 6.19. The molecule has 298 valence electrons. The van der Waals surface area contributed by atoms with E-state index in [1.807, 2.05) is 74.5 Å². The highest BCUT2D eigenvalue weighted by Gasteiger charge is 2.23. The molecule has 0 unspecified atom stereocenters. The minimum Gasteiger partial charge on any atom is -0.508 e. The summed E-state index contributed by atoms with van der Waals surface area (Å²) in [6.07, 6.45) is 3.04. The zero-order valence-electron chi connectivity index (χ0n) is 32.1. The van der Waals surface area contributed by atoms with Gasteiger partial charge in [0.05, 0.1) is 81.6 Å². The first-order valence-electron chi connectivity index (χ1n) is 18.9. The first-order valence-corrected chi connectivity index (χ1v) is 18.9. The lowest BCUT2D eigenvalue weighted by atomic mass is 10.1. The highest BCUT2D eigenvalue weighted by atomic mass is 16.6. The number of aryl methyl sites for hydroxylation is 2. The minimum absolute atomic E-state index is 0.0822. The monoisotopic (exact) mass is 800 g/mol. The van der Waals surface area contributed by atoms with Gasteiger partial charge in [-0.2, -0.15) is 10.2 Å². The van der Waals surface area contributed by atoms with Gasteiger partial charge in [0.25, 0.3) is 0 Å². The number of aromatic amines is 4. The number of carbonyl (C=O) groups is 2. The molecule has 11 rings (SSSR count). The van der Waals surface area contributed by atoms with Crippen LogP contribution in [0.3, 0.4) is 0 Å². The Balaban J connectivity index is 0.000000146. The number of nitrogen functional groups attached to an aromatic ring is 2. The van der Waals surface area contributed by atoms with Crippen LogP contribution in [0.4, 0.5) is 11.6 Å². The number of nitrogens with two attached hydrogens (primary N) is 2. The van der Waals surface area contributed by atoms with Crippen molar-refractivity contribution in [3.8, 4) is 22.9 Å². The third-order valence-electron chi connectivity index (χ3n) is 10.4. The van der Waals surface area contributed by atoms with E-state index in [0.717, 1.165) is 67.1 Å². The Bertz CT molecular complexity index is 3300. The van der Waals surface area contributed by atoms with Crippen molar-refractivity contribution in [3.63, 3.8) is 0 Å². The van der Waals surface area contributed by atoms with Gasteiger partial charge in [-0.3, -0.25) is 9.59 Å². The molecule has 9 N–H and O–H groups in total. The standard InChI is InChI=1S/C23H20N6O3.C20H16N6O2/c1-12-26-18-5-3-14(7-20(18)27-12)29-23(24)17(9-25-29)22(30)21-6-13-2-4-15(8-19(13)28-21)32-16-10-31-11-16;1-10-23-15-5-3-12(7-17(15)24-10)26-20(21)14(9-22-26)19(28)18-6-11-2-4-13(27)8-16(11)25-18/h2-9,16,28H,10-11,24H2,1H3,(H,26,27);2-9,25,27H,21H2,1H3,(H,23,24). The number of H-pyrrole nitrogens is 4. The molecule has 10 aromatic rings. The van der Waals surface area contributed by atoms with E-state index >= 15 is 0 Å². The van der Waals surface area contributed by atoms with E-state index in [2.05, 4.69) is 40.1 Å². The van der Waals surface area contributed by atoms with Crippen LogP contribution in [0.2, 0.25) is 0 Å². The molecule has 17 heteroatoms. The Morgan fingerprint density at radius 3 is 1.70 bits per heavy atom. The number of rotatable bonds is 8. The van der Waals surface area contributed by atoms with Crippen LogP contribution in [0.5, 0.6) is 11.5 Å². The highest BCUT2D eigenvalue weighted by molar-refractivity contribution is 6.13. The van der Waals surface area contributed by atoms with Gasteiger partial charge in [0.1, 0.15) is 40.9 Å². The van der Waals surface area contributed by atoms with Crippen LogP contribution >= 0.6 is 0 Å². The van der Waals surface area contributed by atoms with Gasteiger partial charge in [-0.15, -0.1) is 0 Å². The molecule has 7 heterocycles. The molecule has 0 radical (unpaired) electrons. The van der Waals surface area contributed by atoms with Crippen molar-refractivity contribution >= 4 is 67.1 Å². The van der Waals surface area contributed by atoms with E-state index in [-0.39, 0.29) is 35.1 Å². The average Bonchev–Trinajstić information content (AvgIpc) is 4.08. The minimum atomic E-state index is -0.267. The van der Waals surface area contributed by atoms with Gasteiger partial charge in [0, 0.05) is 33.9 Å². The topological polar surface area (TPSA) is 249 Å². The molecule has 1 aliphatic rings. The lowest BCUT2D eigenvalue weighted by Crippen LogP contribution is -2.38. The van der Waals surface area contributed by atoms with E-state index < -0.39 is 0 Å². The maximum atomic E-state index is 13.2. The van der Waals surface area contributed by atoms with Crippen LogP contribution in [0.15, 0.2) is 97.3 Å². The van der Waals surface area contributed by atoms with Gasteiger partial charge in [-0.05, 0) is 86.6 Å². The molecule has 1 aliphatic heterocycles. The van der Waals surface area contributed by atoms with Gasteiger partial charge in [-0.1, -0.05) is 0 Å². The average molecular weight is 801 g/mol. The summed E-state index contributed by atoms with van der Waals surface area (Å²) in [6.45, 7) is 4.99. The number of imidazole rings is 2. The van der Waals surface area contributed by atoms with Crippen molar-refractivity contribution in [3.05, 3.63) is 131 Å². The number of phenolic OH excluding ortho intramolecular Hbond substituents is 1. The van der Waals surface area contributed by atoms with Crippen molar-refractivity contribution < 1.29 is 24.2 Å². The number of ether oxygens (including phenoxy) is 2. The third kappa shape index (κ3) is 6.44. The van der Waals surface area contributed by atoms with E-state index in [4.69, 9.17) is 20.9 Å². The first kappa shape index (κ1) is 36.2. The molecule has 60 heavy (non-hydrogen) atoms. The maximum absolute atomic E-state index is 13.2. The summed E-state index contributed by atoms with van der Waals surface area (Å²) >= 11 is 0. The number of hydrogen-bond acceptors (Lipinski definition) is 11. The second-order valence-corrected chi connectivity index (χ2v) is 14.6. The van der Waals surface area contributed by atoms with Gasteiger partial charge in [0.2, 0.25) is 11.6 Å². The molecular weight excluding hydrogens is 765 g/mol. The quantitative estimate of drug-likeness (QED) is 0.0854. The normalized spacial score (nSPS) is 12.9. The van der Waals surface area contributed by atoms with E-state index in [1.165, 1.54) is 17.1 Å². The van der Waals surface area contributed by atoms with Crippen LogP contribution in [-0.2, 0) is 4.74 Å². The number of aromatic hydroxyl groups is 1. The fourth-order valence-electron chi connectivity index (χ4n) is 7.29. The Labute approximate surface area is 339 Å². The zero-order valence-corrected chi connectivity index (χ0v) is 32.1. The van der Waals surface area contributed by atoms with Crippen LogP contribution in [0.1, 0.15) is 43.8 Å². The molecule has 17 nitrogen and oxygen atoms in total. The van der Waals surface area contributed by atoms with Gasteiger partial charge in [0.15, 0.2) is 0 Å². The number of anilines is 2. The number of phenols is 1. The van der Waals surface area contributed by atoms with Gasteiger partial charge < -0.3 is 46.0 Å². The molecular formula is C43H36N12O5. The number of aromatic nitrogens is 10. The summed E-state index contributed by atoms with van der Waals surface area (Å²) in [6, 6.07) is 25.4. The number of benzene rings is 4. The van der Waals surface area contributed by atoms with Crippen LogP contribution in [0.25, 0.3) is 55.2 Å². The zero-order chi connectivity index (χ0) is 41.2. The summed E-state index contributed by atoms with van der Waals surface area (Å²) in [5.74, 6) is 2.55. The van der Waals surface area contributed by atoms with Crippen molar-refractivity contribution in [1.29, 1.82) is 0 Å². The number of nitrogens with one attached hydrogen (secondary N) is 4. The first-order chi connectivity index (χ1) is 29.0. The molecule has 0 saturated carbocycles. The molecule has 6 aromatic heterocycles. The number of carbonyl (C=O) groups excluding carboxylic acids is 2. The summed E-state index contributed by atoms with van der Waals surface area (Å²) in [5, 5.41) is 20.0. The molecule has 4 aromatic carbocycles.